The van der Waals surface area contributed by atoms with E-state index in [0.717, 1.165) is 12.5 Å². The molecule has 0 saturated heterocycles. The van der Waals surface area contributed by atoms with Crippen LogP contribution in [0.1, 0.15) is 19.2 Å². The largest absolute Gasteiger partial charge is 0.479 e. The zero-order chi connectivity index (χ0) is 20.5. The summed E-state index contributed by atoms with van der Waals surface area (Å²) in [6.45, 7) is 1.50. The lowest BCUT2D eigenvalue weighted by Gasteiger charge is -2.21. The SMILES string of the molecule is COc1nc(OCC(F)F)c(F)cc1NS(=O)(=O)c1cnc2n1CCC(C)C2. The lowest BCUT2D eigenvalue weighted by molar-refractivity contribution is 0.0770. The van der Waals surface area contributed by atoms with Crippen LogP contribution in [0.2, 0.25) is 0 Å². The van der Waals surface area contributed by atoms with Gasteiger partial charge in [-0.05, 0) is 12.3 Å². The van der Waals surface area contributed by atoms with Gasteiger partial charge in [0.15, 0.2) is 17.5 Å². The fraction of sp³-hybridized carbons (Fsp3) is 0.500. The summed E-state index contributed by atoms with van der Waals surface area (Å²) in [7, 11) is -2.94. The van der Waals surface area contributed by atoms with Gasteiger partial charge >= 0.3 is 0 Å². The molecule has 0 amide bonds. The number of nitrogens with one attached hydrogen (secondary N) is 1. The molecule has 154 valence electrons. The Morgan fingerprint density at radius 2 is 2.14 bits per heavy atom. The highest BCUT2D eigenvalue weighted by molar-refractivity contribution is 7.92. The van der Waals surface area contributed by atoms with Gasteiger partial charge < -0.3 is 14.0 Å². The molecule has 1 N–H and O–H groups in total. The second-order valence-corrected chi connectivity index (χ2v) is 8.03. The number of fused-ring (bicyclic) bond motifs is 1. The Labute approximate surface area is 159 Å². The monoisotopic (exact) mass is 420 g/mol. The molecule has 0 aliphatic carbocycles. The van der Waals surface area contributed by atoms with Gasteiger partial charge in [0, 0.05) is 19.0 Å². The molecule has 0 spiro atoms. The van der Waals surface area contributed by atoms with Crippen LogP contribution in [0.15, 0.2) is 17.3 Å². The molecule has 1 unspecified atom stereocenters. The van der Waals surface area contributed by atoms with Gasteiger partial charge in [0.1, 0.15) is 11.5 Å². The van der Waals surface area contributed by atoms with Crippen LogP contribution in [0.25, 0.3) is 0 Å². The zero-order valence-corrected chi connectivity index (χ0v) is 16.0. The van der Waals surface area contributed by atoms with Crippen LogP contribution in [-0.2, 0) is 23.0 Å². The number of ether oxygens (including phenoxy) is 2. The van der Waals surface area contributed by atoms with Crippen LogP contribution in [0.5, 0.6) is 11.8 Å². The summed E-state index contributed by atoms with van der Waals surface area (Å²) >= 11 is 0. The third-order valence-corrected chi connectivity index (χ3v) is 5.61. The number of rotatable bonds is 7. The maximum absolute atomic E-state index is 14.1. The third-order valence-electron chi connectivity index (χ3n) is 4.25. The lowest BCUT2D eigenvalue weighted by Crippen LogP contribution is -2.23. The second-order valence-electron chi connectivity index (χ2n) is 6.40. The summed E-state index contributed by atoms with van der Waals surface area (Å²) in [6, 6.07) is 0.764. The fourth-order valence-corrected chi connectivity index (χ4v) is 4.12. The van der Waals surface area contributed by atoms with E-state index in [2.05, 4.69) is 26.4 Å². The normalized spacial score (nSPS) is 16.7. The number of hydrogen-bond acceptors (Lipinski definition) is 6. The van der Waals surface area contributed by atoms with Crippen molar-refractivity contribution in [2.75, 3.05) is 18.4 Å². The predicted octanol–water partition coefficient (Wildman–Crippen LogP) is 2.45. The number of pyridine rings is 1. The van der Waals surface area contributed by atoms with Crippen molar-refractivity contribution in [1.82, 2.24) is 14.5 Å². The van der Waals surface area contributed by atoms with Gasteiger partial charge in [-0.3, -0.25) is 4.72 Å². The number of alkyl halides is 2. The molecule has 0 fully saturated rings. The van der Waals surface area contributed by atoms with Crippen molar-refractivity contribution in [3.63, 3.8) is 0 Å². The first-order valence-corrected chi connectivity index (χ1v) is 9.92. The van der Waals surface area contributed by atoms with E-state index in [9.17, 15) is 21.6 Å². The molecule has 3 heterocycles. The zero-order valence-electron chi connectivity index (χ0n) is 15.2. The van der Waals surface area contributed by atoms with Crippen molar-refractivity contribution in [3.8, 4) is 11.8 Å². The minimum Gasteiger partial charge on any atom is -0.479 e. The summed E-state index contributed by atoms with van der Waals surface area (Å²) in [6.07, 6.45) is -0.111. The Balaban J connectivity index is 1.89. The number of nitrogens with zero attached hydrogens (tertiary/aromatic N) is 3. The lowest BCUT2D eigenvalue weighted by atomic mass is 10.0. The number of methoxy groups -OCH3 is 1. The van der Waals surface area contributed by atoms with E-state index in [1.54, 1.807) is 4.57 Å². The van der Waals surface area contributed by atoms with Crippen LogP contribution < -0.4 is 14.2 Å². The molecule has 0 radical (unpaired) electrons. The van der Waals surface area contributed by atoms with Gasteiger partial charge in [-0.2, -0.15) is 13.4 Å². The van der Waals surface area contributed by atoms with E-state index >= 15 is 0 Å². The fourth-order valence-electron chi connectivity index (χ4n) is 2.90. The number of anilines is 1. The maximum Gasteiger partial charge on any atom is 0.279 e. The standard InChI is InChI=1S/C16H19F3N4O4S/c1-9-3-4-23-13(5-9)20-7-14(23)28(24,25)22-11-6-10(17)15(21-16(11)26-2)27-8-12(18)19/h6-7,9,12,22H,3-5,8H2,1-2H3. The minimum absolute atomic E-state index is 0.0603. The van der Waals surface area contributed by atoms with Crippen LogP contribution in [-0.4, -0.2) is 43.1 Å². The highest BCUT2D eigenvalue weighted by Gasteiger charge is 2.28. The number of imidazole rings is 1. The van der Waals surface area contributed by atoms with E-state index in [0.29, 0.717) is 24.7 Å². The van der Waals surface area contributed by atoms with Gasteiger partial charge in [-0.1, -0.05) is 6.92 Å². The highest BCUT2D eigenvalue weighted by atomic mass is 32.2. The van der Waals surface area contributed by atoms with Crippen molar-refractivity contribution >= 4 is 15.7 Å². The third kappa shape index (κ3) is 4.16. The van der Waals surface area contributed by atoms with Crippen molar-refractivity contribution in [2.24, 2.45) is 5.92 Å². The van der Waals surface area contributed by atoms with Gasteiger partial charge in [0.2, 0.25) is 5.88 Å². The Hall–Kier alpha value is -2.50. The van der Waals surface area contributed by atoms with Crippen LogP contribution in [0, 0.1) is 11.7 Å². The molecule has 3 rings (SSSR count). The molecule has 1 aliphatic heterocycles. The predicted molar refractivity (Wildman–Crippen MR) is 92.8 cm³/mol. The molecule has 28 heavy (non-hydrogen) atoms. The minimum atomic E-state index is -4.11. The topological polar surface area (TPSA) is 95.3 Å². The van der Waals surface area contributed by atoms with Crippen molar-refractivity contribution in [3.05, 3.63) is 23.9 Å². The summed E-state index contributed by atoms with van der Waals surface area (Å²) in [5, 5.41) is -0.0603. The Morgan fingerprint density at radius 1 is 1.39 bits per heavy atom. The quantitative estimate of drug-likeness (QED) is 0.739. The highest BCUT2D eigenvalue weighted by Crippen LogP contribution is 2.31. The molecule has 2 aromatic rings. The molecule has 0 bridgehead atoms. The molecular weight excluding hydrogens is 401 g/mol. The molecule has 0 saturated carbocycles. The van der Waals surface area contributed by atoms with Crippen molar-refractivity contribution < 1.29 is 31.1 Å². The van der Waals surface area contributed by atoms with E-state index < -0.39 is 34.8 Å². The smallest absolute Gasteiger partial charge is 0.279 e. The van der Waals surface area contributed by atoms with Gasteiger partial charge in [-0.25, -0.2) is 18.2 Å². The Kier molecular flexibility index (Phi) is 5.68. The van der Waals surface area contributed by atoms with E-state index in [-0.39, 0.29) is 16.6 Å². The van der Waals surface area contributed by atoms with Gasteiger partial charge in [-0.15, -0.1) is 0 Å². The number of hydrogen-bond donors (Lipinski definition) is 1. The second kappa shape index (κ2) is 7.86. The summed E-state index contributed by atoms with van der Waals surface area (Å²) < 4.78 is 77.5. The average Bonchev–Trinajstić information content (AvgIpc) is 3.04. The Morgan fingerprint density at radius 3 is 2.82 bits per heavy atom. The van der Waals surface area contributed by atoms with Gasteiger partial charge in [0.25, 0.3) is 22.3 Å². The van der Waals surface area contributed by atoms with Crippen molar-refractivity contribution in [2.45, 2.75) is 37.8 Å². The van der Waals surface area contributed by atoms with Crippen LogP contribution >= 0.6 is 0 Å². The summed E-state index contributed by atoms with van der Waals surface area (Å²) in [5.74, 6) is -1.08. The van der Waals surface area contributed by atoms with E-state index in [1.807, 2.05) is 0 Å². The summed E-state index contributed by atoms with van der Waals surface area (Å²) in [5.41, 5.74) is -0.288. The number of halogens is 3. The molecular formula is C16H19F3N4O4S. The van der Waals surface area contributed by atoms with E-state index in [4.69, 9.17) is 4.74 Å². The maximum atomic E-state index is 14.1. The van der Waals surface area contributed by atoms with E-state index in [1.165, 1.54) is 13.3 Å². The first-order chi connectivity index (χ1) is 13.2. The molecule has 8 nitrogen and oxygen atoms in total. The summed E-state index contributed by atoms with van der Waals surface area (Å²) in [4.78, 5) is 7.79. The van der Waals surface area contributed by atoms with Crippen LogP contribution in [0.4, 0.5) is 18.9 Å². The molecule has 0 aromatic carbocycles. The molecule has 1 atom stereocenters. The molecule has 1 aliphatic rings. The first-order valence-electron chi connectivity index (χ1n) is 8.44. The number of aromatic nitrogens is 3. The first kappa shape index (κ1) is 20.2. The average molecular weight is 420 g/mol. The van der Waals surface area contributed by atoms with Crippen molar-refractivity contribution in [1.29, 1.82) is 0 Å². The number of sulfonamides is 1. The Bertz CT molecular complexity index is 965. The van der Waals surface area contributed by atoms with Crippen LogP contribution in [0.3, 0.4) is 0 Å². The molecule has 12 heteroatoms. The van der Waals surface area contributed by atoms with Gasteiger partial charge in [0.05, 0.1) is 13.3 Å². The molecule has 2 aromatic heterocycles.